The molecule has 0 radical (unpaired) electrons. The molecule has 0 spiro atoms. The lowest BCUT2D eigenvalue weighted by Gasteiger charge is -2.26. The summed E-state index contributed by atoms with van der Waals surface area (Å²) in [5.74, 6) is -8.32. The van der Waals surface area contributed by atoms with Gasteiger partial charge in [0.2, 0.25) is 5.91 Å². The molecule has 1 saturated carbocycles. The van der Waals surface area contributed by atoms with Gasteiger partial charge in [0.05, 0.1) is 45.8 Å². The molecule has 4 aromatic rings. The topological polar surface area (TPSA) is 202 Å². The number of aromatic nitrogens is 2. The third kappa shape index (κ3) is 13.3. The number of likely N-dealkylation sites (tertiary alicyclic amines) is 1. The number of carboxylic acid groups (broad SMARTS) is 1. The molecule has 4 aliphatic rings. The molecule has 5 heterocycles. The van der Waals surface area contributed by atoms with Crippen LogP contribution in [0.15, 0.2) is 60.9 Å². The van der Waals surface area contributed by atoms with E-state index in [-0.39, 0.29) is 37.8 Å². The van der Waals surface area contributed by atoms with Crippen LogP contribution in [0.5, 0.6) is 0 Å². The quantitative estimate of drug-likeness (QED) is 0.127. The summed E-state index contributed by atoms with van der Waals surface area (Å²) >= 11 is 0. The van der Waals surface area contributed by atoms with Crippen molar-refractivity contribution < 1.29 is 50.6 Å². The van der Waals surface area contributed by atoms with Crippen molar-refractivity contribution in [1.29, 1.82) is 10.5 Å². The van der Waals surface area contributed by atoms with Crippen molar-refractivity contribution in [2.75, 3.05) is 49.1 Å². The molecule has 70 heavy (non-hydrogen) atoms. The second-order valence-electron chi connectivity index (χ2n) is 19.3. The van der Waals surface area contributed by atoms with Crippen molar-refractivity contribution in [3.05, 3.63) is 72.1 Å². The predicted molar refractivity (Wildman–Crippen MR) is 250 cm³/mol. The lowest BCUT2D eigenvalue weighted by atomic mass is 9.94. The fourth-order valence-corrected chi connectivity index (χ4v) is 9.59. The largest absolute Gasteiger partial charge is 0.481 e. The van der Waals surface area contributed by atoms with Gasteiger partial charge in [0.1, 0.15) is 17.7 Å². The summed E-state index contributed by atoms with van der Waals surface area (Å²) in [6, 6.07) is 17.2. The number of fused-ring (bicyclic) bond motifs is 2. The van der Waals surface area contributed by atoms with Gasteiger partial charge in [-0.05, 0) is 101 Å². The van der Waals surface area contributed by atoms with Crippen LogP contribution in [-0.2, 0) is 14.3 Å². The number of nitrogens with two attached hydrogens (primary N) is 1. The number of alkyl halides is 6. The second kappa shape index (κ2) is 22.6. The Balaban J connectivity index is 0.000000183. The van der Waals surface area contributed by atoms with Gasteiger partial charge in [0.25, 0.3) is 0 Å². The van der Waals surface area contributed by atoms with Crippen LogP contribution in [0, 0.1) is 46.3 Å². The number of halogens is 6. The molecule has 14 nitrogen and oxygen atoms in total. The molecule has 3 aliphatic heterocycles. The van der Waals surface area contributed by atoms with E-state index in [9.17, 15) is 46.0 Å². The molecular formula is C50H59F6N9O5. The minimum Gasteiger partial charge on any atom is -0.481 e. The van der Waals surface area contributed by atoms with E-state index in [1.165, 1.54) is 17.2 Å². The molecule has 4 fully saturated rings. The Hall–Kier alpha value is -6.41. The van der Waals surface area contributed by atoms with E-state index in [1.54, 1.807) is 58.5 Å². The van der Waals surface area contributed by atoms with Crippen molar-refractivity contribution >= 4 is 51.2 Å². The van der Waals surface area contributed by atoms with Gasteiger partial charge in [-0.2, -0.15) is 36.9 Å². The van der Waals surface area contributed by atoms with Gasteiger partial charge in [0, 0.05) is 85.9 Å². The van der Waals surface area contributed by atoms with Crippen molar-refractivity contribution in [3.8, 4) is 12.1 Å². The first kappa shape index (κ1) is 53.0. The SMILES string of the molecule is CC(C)(C)OC(=O)N1CCCC(N)CC1.N#Cc1ccc(N2CC(C(=O)NC3CCCCCC3)C(C(F)(F)F)C2)c2cccnc12.N#Cc1ccc(N2CC(C(=O)O)C(C(F)(F)F)C2)c2cccnc12. The van der Waals surface area contributed by atoms with Crippen molar-refractivity contribution in [2.24, 2.45) is 29.4 Å². The summed E-state index contributed by atoms with van der Waals surface area (Å²) in [5.41, 5.74) is 7.99. The van der Waals surface area contributed by atoms with Crippen LogP contribution < -0.4 is 20.9 Å². The van der Waals surface area contributed by atoms with E-state index in [0.717, 1.165) is 70.9 Å². The molecule has 20 heteroatoms. The van der Waals surface area contributed by atoms with Gasteiger partial charge in [-0.3, -0.25) is 19.6 Å². The Labute approximate surface area is 402 Å². The highest BCUT2D eigenvalue weighted by Gasteiger charge is 2.54. The monoisotopic (exact) mass is 979 g/mol. The highest BCUT2D eigenvalue weighted by Crippen LogP contribution is 2.43. The van der Waals surface area contributed by atoms with Gasteiger partial charge < -0.3 is 35.6 Å². The van der Waals surface area contributed by atoms with Crippen LogP contribution in [0.4, 0.5) is 42.5 Å². The Morgan fingerprint density at radius 1 is 0.700 bits per heavy atom. The third-order valence-corrected chi connectivity index (χ3v) is 13.2. The number of nitrogens with one attached hydrogen (secondary N) is 1. The first-order chi connectivity index (χ1) is 33.1. The van der Waals surface area contributed by atoms with Gasteiger partial charge in [-0.15, -0.1) is 0 Å². The maximum atomic E-state index is 13.9. The van der Waals surface area contributed by atoms with E-state index >= 15 is 0 Å². The van der Waals surface area contributed by atoms with Crippen LogP contribution in [0.1, 0.15) is 89.7 Å². The van der Waals surface area contributed by atoms with Gasteiger partial charge in [0.15, 0.2) is 0 Å². The van der Waals surface area contributed by atoms with Crippen LogP contribution in [0.25, 0.3) is 21.8 Å². The predicted octanol–water partition coefficient (Wildman–Crippen LogP) is 9.10. The summed E-state index contributed by atoms with van der Waals surface area (Å²) in [5, 5.41) is 31.6. The first-order valence-corrected chi connectivity index (χ1v) is 23.5. The van der Waals surface area contributed by atoms with Crippen molar-refractivity contribution in [2.45, 2.75) is 109 Å². The minimum atomic E-state index is -4.58. The number of carbonyl (C=O) groups excluding carboxylic acids is 2. The Morgan fingerprint density at radius 3 is 1.66 bits per heavy atom. The lowest BCUT2D eigenvalue weighted by Crippen LogP contribution is -2.44. The van der Waals surface area contributed by atoms with Crippen molar-refractivity contribution in [3.63, 3.8) is 0 Å². The highest BCUT2D eigenvalue weighted by molar-refractivity contribution is 5.96. The smallest absolute Gasteiger partial charge is 0.410 e. The number of nitrogens with zero attached hydrogens (tertiary/aromatic N) is 7. The zero-order valence-corrected chi connectivity index (χ0v) is 39.4. The zero-order chi connectivity index (χ0) is 51.0. The number of amides is 2. The molecule has 5 atom stereocenters. The molecule has 2 aromatic heterocycles. The van der Waals surface area contributed by atoms with Gasteiger partial charge in [-0.1, -0.05) is 25.7 Å². The number of aliphatic carboxylic acids is 1. The van der Waals surface area contributed by atoms with E-state index in [1.807, 2.05) is 26.8 Å². The average molecular weight is 980 g/mol. The number of hydrogen-bond donors (Lipinski definition) is 3. The number of pyridine rings is 2. The summed E-state index contributed by atoms with van der Waals surface area (Å²) < 4.78 is 86.4. The van der Waals surface area contributed by atoms with E-state index in [4.69, 9.17) is 20.8 Å². The highest BCUT2D eigenvalue weighted by atomic mass is 19.4. The van der Waals surface area contributed by atoms with Crippen LogP contribution in [0.3, 0.4) is 0 Å². The molecule has 376 valence electrons. The number of rotatable bonds is 5. The van der Waals surface area contributed by atoms with Crippen LogP contribution in [0.2, 0.25) is 0 Å². The van der Waals surface area contributed by atoms with E-state index in [2.05, 4.69) is 21.4 Å². The number of ether oxygens (including phenoxy) is 1. The summed E-state index contributed by atoms with van der Waals surface area (Å²) in [6.45, 7) is 6.16. The van der Waals surface area contributed by atoms with Gasteiger partial charge >= 0.3 is 24.4 Å². The molecular weight excluding hydrogens is 921 g/mol. The van der Waals surface area contributed by atoms with Gasteiger partial charge in [-0.25, -0.2) is 4.79 Å². The number of anilines is 2. The minimum absolute atomic E-state index is 0.0153. The zero-order valence-electron chi connectivity index (χ0n) is 39.4. The lowest BCUT2D eigenvalue weighted by molar-refractivity contribution is -0.187. The fraction of sp³-hybridized carbons (Fsp3) is 0.540. The fourth-order valence-electron chi connectivity index (χ4n) is 9.59. The third-order valence-electron chi connectivity index (χ3n) is 13.2. The maximum absolute atomic E-state index is 13.9. The summed E-state index contributed by atoms with van der Waals surface area (Å²) in [7, 11) is 0. The molecule has 3 saturated heterocycles. The normalized spacial score (nSPS) is 22.3. The molecule has 8 rings (SSSR count). The average Bonchev–Trinajstić information content (AvgIpc) is 3.82. The number of nitriles is 2. The maximum Gasteiger partial charge on any atom is 0.410 e. The first-order valence-electron chi connectivity index (χ1n) is 23.5. The number of carbonyl (C=O) groups is 3. The Bertz CT molecular complexity index is 2570. The summed E-state index contributed by atoms with van der Waals surface area (Å²) in [4.78, 5) is 49.0. The standard InChI is InChI=1S/C23H25F3N4O.C16H12F3N3O2.C11H22N2O2/c24-23(25,26)19-14-30(13-18(19)22(31)29-16-6-3-1-2-4-7-16)20-10-9-15(12-27)21-17(20)8-5-11-28-21;17-16(18,19)12-8-22(7-11(12)15(23)24)13-4-3-9(6-20)14-10(13)2-1-5-21-14;1-11(2,3)15-10(14)13-7-4-5-9(12)6-8-13/h5,8-11,16,18-19H,1-4,6-7,13-14H2,(H,29,31);1-5,11-12H,7-8H2,(H,23,24);9H,4-8,12H2,1-3H3. The molecule has 2 aromatic carbocycles. The molecule has 2 amide bonds. The second-order valence-corrected chi connectivity index (χ2v) is 19.3. The van der Waals surface area contributed by atoms with E-state index < -0.39 is 60.0 Å². The molecule has 5 unspecified atom stereocenters. The number of carboxylic acids is 1. The Kier molecular flexibility index (Phi) is 17.1. The van der Waals surface area contributed by atoms with Crippen LogP contribution in [-0.4, -0.2) is 107 Å². The molecule has 4 N–H and O–H groups in total. The number of hydrogen-bond acceptors (Lipinski definition) is 11. The Morgan fingerprint density at radius 2 is 1.20 bits per heavy atom. The molecule has 0 bridgehead atoms. The van der Waals surface area contributed by atoms with Crippen molar-refractivity contribution in [1.82, 2.24) is 20.2 Å². The summed E-state index contributed by atoms with van der Waals surface area (Å²) in [6.07, 6.45) is 2.48. The molecule has 1 aliphatic carbocycles. The van der Waals surface area contributed by atoms with Crippen LogP contribution >= 0.6 is 0 Å². The van der Waals surface area contributed by atoms with E-state index in [0.29, 0.717) is 44.3 Å². The number of benzene rings is 2.